The first-order chi connectivity index (χ1) is 6.46. The van der Waals surface area contributed by atoms with Gasteiger partial charge in [-0.2, -0.15) is 0 Å². The Bertz CT molecular complexity index is 428. The molecule has 14 heavy (non-hydrogen) atoms. The van der Waals surface area contributed by atoms with Crippen molar-refractivity contribution in [1.29, 1.82) is 0 Å². The number of rotatable bonds is 3. The van der Waals surface area contributed by atoms with E-state index >= 15 is 0 Å². The highest BCUT2D eigenvalue weighted by Crippen LogP contribution is 2.19. The van der Waals surface area contributed by atoms with Gasteiger partial charge in [-0.3, -0.25) is 4.72 Å². The Morgan fingerprint density at radius 2 is 2.00 bits per heavy atom. The number of alkyl halides is 1. The molecule has 0 aliphatic heterocycles. The summed E-state index contributed by atoms with van der Waals surface area (Å²) in [6.07, 6.45) is 0. The van der Waals surface area contributed by atoms with Crippen molar-refractivity contribution in [2.24, 2.45) is 0 Å². The van der Waals surface area contributed by atoms with Crippen LogP contribution in [0.2, 0.25) is 0 Å². The van der Waals surface area contributed by atoms with Crippen molar-refractivity contribution in [3.05, 3.63) is 29.3 Å². The molecular formula is C9H12ClNO2S. The van der Waals surface area contributed by atoms with Crippen molar-refractivity contribution in [1.82, 2.24) is 0 Å². The summed E-state index contributed by atoms with van der Waals surface area (Å²) >= 11 is 5.28. The highest BCUT2D eigenvalue weighted by molar-refractivity contribution is 7.93. The number of aryl methyl sites for hydroxylation is 1. The predicted molar refractivity (Wildman–Crippen MR) is 59.2 cm³/mol. The Kier molecular flexibility index (Phi) is 3.39. The van der Waals surface area contributed by atoms with E-state index in [0.29, 0.717) is 5.69 Å². The fraction of sp³-hybridized carbons (Fsp3) is 0.333. The summed E-state index contributed by atoms with van der Waals surface area (Å²) in [4.78, 5) is 0. The fourth-order valence-electron chi connectivity index (χ4n) is 1.06. The van der Waals surface area contributed by atoms with E-state index < -0.39 is 15.2 Å². The van der Waals surface area contributed by atoms with Gasteiger partial charge in [0.15, 0.2) is 0 Å². The molecule has 0 amide bonds. The SMILES string of the molecule is Cc1cccc(NS(=O)(=O)CCl)c1C. The average Bonchev–Trinajstić information content (AvgIpc) is 2.13. The molecule has 5 heteroatoms. The summed E-state index contributed by atoms with van der Waals surface area (Å²) in [6.45, 7) is 3.79. The highest BCUT2D eigenvalue weighted by atomic mass is 35.5. The normalized spacial score (nSPS) is 11.4. The van der Waals surface area contributed by atoms with Crippen LogP contribution >= 0.6 is 11.6 Å². The minimum absolute atomic E-state index is 0.430. The van der Waals surface area contributed by atoms with E-state index in [4.69, 9.17) is 11.6 Å². The smallest absolute Gasteiger partial charge is 0.246 e. The summed E-state index contributed by atoms with van der Waals surface area (Å²) in [6, 6.07) is 5.44. The van der Waals surface area contributed by atoms with Gasteiger partial charge >= 0.3 is 0 Å². The van der Waals surface area contributed by atoms with Gasteiger partial charge in [-0.1, -0.05) is 12.1 Å². The molecule has 0 spiro atoms. The van der Waals surface area contributed by atoms with E-state index in [1.807, 2.05) is 19.9 Å². The van der Waals surface area contributed by atoms with Crippen LogP contribution in [0.3, 0.4) is 0 Å². The molecular weight excluding hydrogens is 222 g/mol. The Balaban J connectivity index is 3.05. The lowest BCUT2D eigenvalue weighted by Crippen LogP contribution is -2.14. The largest absolute Gasteiger partial charge is 0.282 e. The number of anilines is 1. The number of benzene rings is 1. The molecule has 0 bridgehead atoms. The van der Waals surface area contributed by atoms with Crippen molar-refractivity contribution in [3.8, 4) is 0 Å². The third-order valence-electron chi connectivity index (χ3n) is 2.01. The van der Waals surface area contributed by atoms with Crippen LogP contribution in [-0.2, 0) is 10.0 Å². The van der Waals surface area contributed by atoms with Gasteiger partial charge in [-0.25, -0.2) is 8.42 Å². The molecule has 1 N–H and O–H groups in total. The Hall–Kier alpha value is -0.740. The fourth-order valence-corrected chi connectivity index (χ4v) is 1.83. The zero-order chi connectivity index (χ0) is 10.8. The predicted octanol–water partition coefficient (Wildman–Crippen LogP) is 2.24. The first-order valence-corrected chi connectivity index (χ1v) is 6.27. The van der Waals surface area contributed by atoms with Crippen LogP contribution in [0.15, 0.2) is 18.2 Å². The molecule has 0 unspecified atom stereocenters. The van der Waals surface area contributed by atoms with Gasteiger partial charge in [0.1, 0.15) is 5.21 Å². The van der Waals surface area contributed by atoms with Gasteiger partial charge in [-0.15, -0.1) is 11.6 Å². The Morgan fingerprint density at radius 1 is 1.36 bits per heavy atom. The minimum Gasteiger partial charge on any atom is -0.282 e. The van der Waals surface area contributed by atoms with Crippen LogP contribution in [0.5, 0.6) is 0 Å². The number of halogens is 1. The maximum absolute atomic E-state index is 11.2. The van der Waals surface area contributed by atoms with Crippen molar-refractivity contribution >= 4 is 27.3 Å². The second-order valence-electron chi connectivity index (χ2n) is 3.07. The zero-order valence-electron chi connectivity index (χ0n) is 8.04. The van der Waals surface area contributed by atoms with Gasteiger partial charge in [0.25, 0.3) is 0 Å². The minimum atomic E-state index is -3.40. The Labute approximate surface area is 89.1 Å². The summed E-state index contributed by atoms with van der Waals surface area (Å²) in [5, 5.41) is -0.430. The molecule has 0 radical (unpaired) electrons. The molecule has 1 aromatic rings. The molecule has 1 rings (SSSR count). The van der Waals surface area contributed by atoms with Gasteiger partial charge in [0, 0.05) is 0 Å². The lowest BCUT2D eigenvalue weighted by Gasteiger charge is -2.09. The van der Waals surface area contributed by atoms with Crippen LogP contribution < -0.4 is 4.72 Å². The monoisotopic (exact) mass is 233 g/mol. The van der Waals surface area contributed by atoms with Crippen LogP contribution in [0, 0.1) is 13.8 Å². The molecule has 1 aromatic carbocycles. The second-order valence-corrected chi connectivity index (χ2v) is 5.38. The Morgan fingerprint density at radius 3 is 2.57 bits per heavy atom. The molecule has 0 heterocycles. The summed E-state index contributed by atoms with van der Waals surface area (Å²) in [5.74, 6) is 0. The molecule has 78 valence electrons. The third-order valence-corrected chi connectivity index (χ3v) is 3.69. The number of nitrogens with one attached hydrogen (secondary N) is 1. The molecule has 0 aromatic heterocycles. The van der Waals surface area contributed by atoms with Gasteiger partial charge in [0.2, 0.25) is 10.0 Å². The summed E-state index contributed by atoms with van der Waals surface area (Å²) in [7, 11) is -3.40. The van der Waals surface area contributed by atoms with Crippen molar-refractivity contribution in [2.45, 2.75) is 13.8 Å². The third kappa shape index (κ3) is 2.62. The van der Waals surface area contributed by atoms with Crippen molar-refractivity contribution in [3.63, 3.8) is 0 Å². The highest BCUT2D eigenvalue weighted by Gasteiger charge is 2.09. The zero-order valence-corrected chi connectivity index (χ0v) is 9.61. The van der Waals surface area contributed by atoms with Gasteiger partial charge < -0.3 is 0 Å². The van der Waals surface area contributed by atoms with Gasteiger partial charge in [0.05, 0.1) is 5.69 Å². The first-order valence-electron chi connectivity index (χ1n) is 4.09. The van der Waals surface area contributed by atoms with Crippen LogP contribution in [0.25, 0.3) is 0 Å². The molecule has 0 saturated carbocycles. The molecule has 0 atom stereocenters. The maximum Gasteiger partial charge on any atom is 0.246 e. The van der Waals surface area contributed by atoms with Crippen molar-refractivity contribution < 1.29 is 8.42 Å². The van der Waals surface area contributed by atoms with E-state index in [1.165, 1.54) is 0 Å². The number of hydrogen-bond acceptors (Lipinski definition) is 2. The molecule has 3 nitrogen and oxygen atoms in total. The quantitative estimate of drug-likeness (QED) is 0.814. The summed E-state index contributed by atoms with van der Waals surface area (Å²) in [5.41, 5.74) is 2.55. The lowest BCUT2D eigenvalue weighted by molar-refractivity contribution is 0.605. The molecule has 0 aliphatic carbocycles. The standard InChI is InChI=1S/C9H12ClNO2S/c1-7-4-3-5-9(8(7)2)11-14(12,13)6-10/h3-5,11H,6H2,1-2H3. The summed E-state index contributed by atoms with van der Waals surface area (Å²) < 4.78 is 24.8. The topological polar surface area (TPSA) is 46.2 Å². The molecule has 0 aliphatic rings. The number of sulfonamides is 1. The van der Waals surface area contributed by atoms with E-state index in [0.717, 1.165) is 11.1 Å². The maximum atomic E-state index is 11.2. The molecule has 0 saturated heterocycles. The van der Waals surface area contributed by atoms with E-state index in [1.54, 1.807) is 12.1 Å². The van der Waals surface area contributed by atoms with E-state index in [-0.39, 0.29) is 0 Å². The molecule has 0 fully saturated rings. The average molecular weight is 234 g/mol. The van der Waals surface area contributed by atoms with Crippen LogP contribution in [0.4, 0.5) is 5.69 Å². The van der Waals surface area contributed by atoms with Crippen LogP contribution in [-0.4, -0.2) is 13.6 Å². The van der Waals surface area contributed by atoms with Gasteiger partial charge in [-0.05, 0) is 31.0 Å². The number of hydrogen-bond donors (Lipinski definition) is 1. The van der Waals surface area contributed by atoms with E-state index in [9.17, 15) is 8.42 Å². The lowest BCUT2D eigenvalue weighted by atomic mass is 10.1. The second kappa shape index (κ2) is 4.19. The van der Waals surface area contributed by atoms with E-state index in [2.05, 4.69) is 4.72 Å². The van der Waals surface area contributed by atoms with Crippen LogP contribution in [0.1, 0.15) is 11.1 Å². The first kappa shape index (κ1) is 11.3. The van der Waals surface area contributed by atoms with Crippen molar-refractivity contribution in [2.75, 3.05) is 9.93 Å².